The van der Waals surface area contributed by atoms with Gasteiger partial charge in [-0.3, -0.25) is 4.79 Å². The molecule has 1 aliphatic rings. The number of benzene rings is 1. The molecule has 1 amide bonds. The van der Waals surface area contributed by atoms with Crippen LogP contribution >= 0.6 is 0 Å². The van der Waals surface area contributed by atoms with Crippen molar-refractivity contribution in [1.29, 1.82) is 0 Å². The van der Waals surface area contributed by atoms with Crippen molar-refractivity contribution in [2.75, 3.05) is 20.2 Å². The lowest BCUT2D eigenvalue weighted by atomic mass is 9.85. The summed E-state index contributed by atoms with van der Waals surface area (Å²) in [5, 5.41) is 12.7. The lowest BCUT2D eigenvalue weighted by molar-refractivity contribution is -0.134. The van der Waals surface area contributed by atoms with Gasteiger partial charge in [-0.1, -0.05) is 30.3 Å². The number of aliphatic hydroxyl groups is 1. The Labute approximate surface area is 114 Å². The molecule has 2 N–H and O–H groups in total. The third-order valence-corrected chi connectivity index (χ3v) is 4.05. The van der Waals surface area contributed by atoms with Crippen LogP contribution in [-0.4, -0.2) is 42.2 Å². The number of hydrogen-bond acceptors (Lipinski definition) is 3. The maximum atomic E-state index is 11.9. The number of piperidine rings is 1. The summed E-state index contributed by atoms with van der Waals surface area (Å²) in [6.45, 7) is 2.32. The lowest BCUT2D eigenvalue weighted by Crippen LogP contribution is -2.52. The van der Waals surface area contributed by atoms with Gasteiger partial charge in [0.15, 0.2) is 0 Å². The number of aliphatic hydroxyl groups excluding tert-OH is 1. The van der Waals surface area contributed by atoms with Gasteiger partial charge in [0, 0.05) is 32.0 Å². The SMILES string of the molecule is CN[C@H]1C[C@@H](c2ccccc2)N(C(C)=O)C[C@H]1CO. The highest BCUT2D eigenvalue weighted by molar-refractivity contribution is 5.74. The third-order valence-electron chi connectivity index (χ3n) is 4.05. The molecule has 0 spiro atoms. The Kier molecular flexibility index (Phi) is 4.56. The standard InChI is InChI=1S/C15H22N2O2/c1-11(19)17-9-13(10-18)14(16-2)8-15(17)12-6-4-3-5-7-12/h3-7,13-16,18H,8-10H2,1-2H3/t13-,14-,15-/m0/s1. The van der Waals surface area contributed by atoms with Gasteiger partial charge in [0.1, 0.15) is 0 Å². The molecule has 1 fully saturated rings. The van der Waals surface area contributed by atoms with Crippen LogP contribution in [0.3, 0.4) is 0 Å². The summed E-state index contributed by atoms with van der Waals surface area (Å²) in [6.07, 6.45) is 0.839. The van der Waals surface area contributed by atoms with Crippen molar-refractivity contribution in [2.24, 2.45) is 5.92 Å². The van der Waals surface area contributed by atoms with Crippen LogP contribution in [0.4, 0.5) is 0 Å². The van der Waals surface area contributed by atoms with E-state index in [1.807, 2.05) is 30.1 Å². The molecule has 0 bridgehead atoms. The molecular weight excluding hydrogens is 240 g/mol. The predicted molar refractivity (Wildman–Crippen MR) is 74.6 cm³/mol. The third kappa shape index (κ3) is 2.96. The zero-order chi connectivity index (χ0) is 13.8. The van der Waals surface area contributed by atoms with Crippen molar-refractivity contribution >= 4 is 5.91 Å². The zero-order valence-electron chi connectivity index (χ0n) is 11.5. The fraction of sp³-hybridized carbons (Fsp3) is 0.533. The van der Waals surface area contributed by atoms with Crippen LogP contribution in [0.15, 0.2) is 30.3 Å². The molecule has 0 unspecified atom stereocenters. The van der Waals surface area contributed by atoms with Gasteiger partial charge >= 0.3 is 0 Å². The minimum atomic E-state index is 0.0712. The molecule has 0 radical (unpaired) electrons. The number of likely N-dealkylation sites (tertiary alicyclic amines) is 1. The smallest absolute Gasteiger partial charge is 0.219 e. The number of carbonyl (C=O) groups excluding carboxylic acids is 1. The molecular formula is C15H22N2O2. The number of hydrogen-bond donors (Lipinski definition) is 2. The van der Waals surface area contributed by atoms with Gasteiger partial charge in [-0.05, 0) is 19.0 Å². The number of nitrogens with zero attached hydrogens (tertiary/aromatic N) is 1. The van der Waals surface area contributed by atoms with Crippen molar-refractivity contribution in [3.63, 3.8) is 0 Å². The monoisotopic (exact) mass is 262 g/mol. The van der Waals surface area contributed by atoms with E-state index in [1.165, 1.54) is 0 Å². The number of nitrogens with one attached hydrogen (secondary N) is 1. The molecule has 0 aromatic heterocycles. The zero-order valence-corrected chi connectivity index (χ0v) is 11.5. The number of rotatable bonds is 3. The Hall–Kier alpha value is -1.39. The van der Waals surface area contributed by atoms with E-state index in [2.05, 4.69) is 17.4 Å². The Morgan fingerprint density at radius 3 is 2.63 bits per heavy atom. The maximum Gasteiger partial charge on any atom is 0.219 e. The normalized spacial score (nSPS) is 27.3. The largest absolute Gasteiger partial charge is 0.396 e. The van der Waals surface area contributed by atoms with Crippen LogP contribution in [0.1, 0.15) is 24.9 Å². The van der Waals surface area contributed by atoms with Crippen LogP contribution in [0.2, 0.25) is 0 Å². The first-order valence-corrected chi connectivity index (χ1v) is 6.77. The summed E-state index contributed by atoms with van der Waals surface area (Å²) >= 11 is 0. The second-order valence-electron chi connectivity index (χ2n) is 5.17. The summed E-state index contributed by atoms with van der Waals surface area (Å²) in [5.74, 6) is 0.177. The Balaban J connectivity index is 2.26. The molecule has 1 aromatic carbocycles. The van der Waals surface area contributed by atoms with E-state index in [0.717, 1.165) is 12.0 Å². The van der Waals surface area contributed by atoms with E-state index >= 15 is 0 Å². The average molecular weight is 262 g/mol. The first-order valence-electron chi connectivity index (χ1n) is 6.77. The van der Waals surface area contributed by atoms with Crippen LogP contribution in [-0.2, 0) is 4.79 Å². The van der Waals surface area contributed by atoms with Gasteiger partial charge in [0.25, 0.3) is 0 Å². The quantitative estimate of drug-likeness (QED) is 0.860. The summed E-state index contributed by atoms with van der Waals surface area (Å²) in [4.78, 5) is 13.7. The molecule has 104 valence electrons. The predicted octanol–water partition coefficient (Wildman–Crippen LogP) is 1.18. The molecule has 3 atom stereocenters. The van der Waals surface area contributed by atoms with Crippen molar-refractivity contribution in [1.82, 2.24) is 10.2 Å². The van der Waals surface area contributed by atoms with Gasteiger partial charge < -0.3 is 15.3 Å². The second kappa shape index (κ2) is 6.17. The molecule has 1 aliphatic heterocycles. The molecule has 0 aliphatic carbocycles. The van der Waals surface area contributed by atoms with Gasteiger partial charge in [0.05, 0.1) is 6.04 Å². The first kappa shape index (κ1) is 14.0. The fourth-order valence-electron chi connectivity index (χ4n) is 2.95. The molecule has 1 aromatic rings. The average Bonchev–Trinajstić information content (AvgIpc) is 2.46. The molecule has 4 heteroatoms. The van der Waals surface area contributed by atoms with E-state index in [-0.39, 0.29) is 30.5 Å². The molecule has 2 rings (SSSR count). The fourth-order valence-corrected chi connectivity index (χ4v) is 2.95. The van der Waals surface area contributed by atoms with Crippen LogP contribution in [0.5, 0.6) is 0 Å². The van der Waals surface area contributed by atoms with Crippen molar-refractivity contribution in [3.8, 4) is 0 Å². The Morgan fingerprint density at radius 2 is 2.11 bits per heavy atom. The second-order valence-corrected chi connectivity index (χ2v) is 5.17. The highest BCUT2D eigenvalue weighted by atomic mass is 16.3. The topological polar surface area (TPSA) is 52.6 Å². The lowest BCUT2D eigenvalue weighted by Gasteiger charge is -2.43. The van der Waals surface area contributed by atoms with Gasteiger partial charge in [0.2, 0.25) is 5.91 Å². The van der Waals surface area contributed by atoms with Crippen LogP contribution < -0.4 is 5.32 Å². The van der Waals surface area contributed by atoms with E-state index in [0.29, 0.717) is 6.54 Å². The minimum absolute atomic E-state index is 0.0712. The molecule has 19 heavy (non-hydrogen) atoms. The summed E-state index contributed by atoms with van der Waals surface area (Å²) in [5.41, 5.74) is 1.16. The number of carbonyl (C=O) groups is 1. The highest BCUT2D eigenvalue weighted by Gasteiger charge is 2.36. The molecule has 1 saturated heterocycles. The van der Waals surface area contributed by atoms with Gasteiger partial charge in [-0.2, -0.15) is 0 Å². The Morgan fingerprint density at radius 1 is 1.42 bits per heavy atom. The Bertz CT molecular complexity index is 421. The van der Waals surface area contributed by atoms with Crippen molar-refractivity contribution in [3.05, 3.63) is 35.9 Å². The van der Waals surface area contributed by atoms with Crippen LogP contribution in [0, 0.1) is 5.92 Å². The van der Waals surface area contributed by atoms with Crippen molar-refractivity contribution < 1.29 is 9.90 Å². The molecule has 4 nitrogen and oxygen atoms in total. The first-order chi connectivity index (χ1) is 9.17. The number of amides is 1. The van der Waals surface area contributed by atoms with E-state index in [4.69, 9.17) is 0 Å². The molecule has 1 heterocycles. The highest BCUT2D eigenvalue weighted by Crippen LogP contribution is 2.33. The summed E-state index contributed by atoms with van der Waals surface area (Å²) < 4.78 is 0. The van der Waals surface area contributed by atoms with Gasteiger partial charge in [-0.25, -0.2) is 0 Å². The van der Waals surface area contributed by atoms with Crippen LogP contribution in [0.25, 0.3) is 0 Å². The van der Waals surface area contributed by atoms with E-state index in [1.54, 1.807) is 6.92 Å². The van der Waals surface area contributed by atoms with Crippen molar-refractivity contribution in [2.45, 2.75) is 25.4 Å². The van der Waals surface area contributed by atoms with E-state index in [9.17, 15) is 9.90 Å². The summed E-state index contributed by atoms with van der Waals surface area (Å²) in [7, 11) is 1.92. The molecule has 0 saturated carbocycles. The minimum Gasteiger partial charge on any atom is -0.396 e. The van der Waals surface area contributed by atoms with Gasteiger partial charge in [-0.15, -0.1) is 0 Å². The summed E-state index contributed by atoms with van der Waals surface area (Å²) in [6, 6.07) is 10.4. The van der Waals surface area contributed by atoms with E-state index < -0.39 is 0 Å². The maximum absolute atomic E-state index is 11.9.